The highest BCUT2D eigenvalue weighted by Crippen LogP contribution is 2.42. The number of fused-ring (bicyclic) bond motifs is 1. The number of ether oxygens (including phenoxy) is 9. The first kappa shape index (κ1) is 69.2. The summed E-state index contributed by atoms with van der Waals surface area (Å²) in [6.07, 6.45) is -8.67. The molecule has 5 rings (SSSR count). The number of methoxy groups -OCH3 is 2. The summed E-state index contributed by atoms with van der Waals surface area (Å²) in [5, 5.41) is 48.2. The van der Waals surface area contributed by atoms with Crippen molar-refractivity contribution in [1.29, 1.82) is 0 Å². The number of aliphatic hydroxyl groups excluding tert-OH is 2. The summed E-state index contributed by atoms with van der Waals surface area (Å²) >= 11 is 0. The fourth-order valence-corrected chi connectivity index (χ4v) is 13.1. The number of likely N-dealkylation sites (N-methyl/N-ethyl adjacent to an activating group) is 1. The monoisotopic (exact) mass is 1190 g/mol. The minimum atomic E-state index is -4.19. The van der Waals surface area contributed by atoms with Crippen LogP contribution in [0.3, 0.4) is 0 Å². The Balaban J connectivity index is 1.25. The highest BCUT2D eigenvalue weighted by Gasteiger charge is 2.55. The number of benzene rings is 1. The largest absolute Gasteiger partial charge is 0.477 e. The van der Waals surface area contributed by atoms with Gasteiger partial charge >= 0.3 is 11.9 Å². The molecular formula is C58H95N3O20S. The van der Waals surface area contributed by atoms with E-state index in [1.807, 2.05) is 38.9 Å². The molecule has 5 N–H and O–H groups in total. The number of ketones is 1. The summed E-state index contributed by atoms with van der Waals surface area (Å²) in [7, 11) is 2.40. The maximum Gasteiger partial charge on any atom is 0.341 e. The molecule has 3 saturated heterocycles. The van der Waals surface area contributed by atoms with E-state index in [1.54, 1.807) is 65.2 Å². The van der Waals surface area contributed by atoms with Crippen LogP contribution in [0, 0.1) is 23.7 Å². The number of Topliss-reactive ketones (excluding diaryl/α,β-unsaturated/α-hetero) is 1. The zero-order valence-electron chi connectivity index (χ0n) is 50.8. The second-order valence-corrected chi connectivity index (χ2v) is 25.2. The molecule has 0 spiro atoms. The minimum Gasteiger partial charge on any atom is -0.477 e. The van der Waals surface area contributed by atoms with Crippen molar-refractivity contribution in [3.8, 4) is 0 Å². The number of cyclic esters (lactones) is 1. The molecule has 0 saturated carbocycles. The zero-order chi connectivity index (χ0) is 61.2. The van der Waals surface area contributed by atoms with Crippen molar-refractivity contribution in [2.24, 2.45) is 23.7 Å². The molecule has 18 atom stereocenters. The normalized spacial score (nSPS) is 35.6. The van der Waals surface area contributed by atoms with Gasteiger partial charge in [-0.25, -0.2) is 4.79 Å². The topological polar surface area (TPSA) is 296 Å². The number of aromatic nitrogens is 1. The number of esters is 1. The molecule has 0 unspecified atom stereocenters. The predicted octanol–water partition coefficient (Wildman–Crippen LogP) is 3.69. The third-order valence-corrected chi connectivity index (χ3v) is 18.3. The van der Waals surface area contributed by atoms with Crippen LogP contribution in [0.2, 0.25) is 0 Å². The summed E-state index contributed by atoms with van der Waals surface area (Å²) in [6, 6.07) is 5.03. The Labute approximate surface area is 484 Å². The van der Waals surface area contributed by atoms with Gasteiger partial charge in [0.15, 0.2) is 12.6 Å². The number of nitrogens with zero attached hydrogens (tertiary/aromatic N) is 2. The van der Waals surface area contributed by atoms with Crippen LogP contribution < -0.4 is 10.7 Å². The molecule has 2 aromatic rings. The van der Waals surface area contributed by atoms with Crippen molar-refractivity contribution >= 4 is 38.7 Å². The van der Waals surface area contributed by atoms with E-state index in [1.165, 1.54) is 34.3 Å². The number of pyridine rings is 1. The molecule has 3 fully saturated rings. The zero-order valence-corrected chi connectivity index (χ0v) is 51.6. The van der Waals surface area contributed by atoms with E-state index in [4.69, 9.17) is 46.8 Å². The smallest absolute Gasteiger partial charge is 0.341 e. The van der Waals surface area contributed by atoms with E-state index in [2.05, 4.69) is 5.32 Å². The fraction of sp³-hybridized carbons (Fsp3) is 0.793. The molecule has 23 nitrogen and oxygen atoms in total. The first-order chi connectivity index (χ1) is 38.4. The summed E-state index contributed by atoms with van der Waals surface area (Å²) < 4.78 is 91.1. The van der Waals surface area contributed by atoms with Crippen LogP contribution in [0.5, 0.6) is 0 Å². The number of aliphatic hydroxyl groups is 3. The summed E-state index contributed by atoms with van der Waals surface area (Å²) in [4.78, 5) is 55.2. The SMILES string of the molecule is CC[C@H]1OC(=O)[C@H](C)[C@@H](O[C@H]2C[C@@](C)(OC)[C@@H](OS(=O)(=O)CCNCCOCCOCCc3ccc4c(c3)c(=O)c(C(=O)O)cn4CC)[C@H](C)O2)[C@H](C)[C@@H](O[C@@H]2O[C@H](C)C[C@H](N(C)C)[C@H]2O)[C@](C)(OC)C[C@@H](C)C(=O)[C@H](C)[C@@H](O)[C@]1(C)O. The van der Waals surface area contributed by atoms with E-state index in [9.17, 15) is 48.0 Å². The van der Waals surface area contributed by atoms with Crippen LogP contribution in [0.15, 0.2) is 29.2 Å². The second-order valence-electron chi connectivity index (χ2n) is 23.5. The van der Waals surface area contributed by atoms with Gasteiger partial charge in [-0.1, -0.05) is 33.8 Å². The summed E-state index contributed by atoms with van der Waals surface area (Å²) in [6.45, 7) is 20.5. The number of carbonyl (C=O) groups excluding carboxylic acids is 2. The molecule has 24 heteroatoms. The van der Waals surface area contributed by atoms with E-state index in [0.717, 1.165) is 5.56 Å². The standard InChI is InChI=1S/C58H95N3O20S/c1-16-44-58(11,69)50(65)35(5)46(62)33(3)30-56(9,72-14)51(80-55-48(64)43(60(12)13)28-34(4)76-55)36(6)49(37(7)54(68)78-44)79-45-31-57(10,73-15)52(38(8)77-45)81-82(70,71)27-22-59-21-24-75-26-25-74-23-20-39-18-19-42-40(29-39)47(63)41(53(66)67)32-61(42)17-2/h18-19,29,32-38,43-45,48-52,55,59,64-65,69H,16-17,20-28,30-31H2,1-15H3,(H,66,67)/t33-,34-,35+,36+,37-,38+,43+,44-,45+,48-,49+,50-,51-,52+,55+,56-,57-,58-/m1/s1. The number of aryl methyl sites for hydroxylation is 1. The Morgan fingerprint density at radius 3 is 2.12 bits per heavy atom. The fourth-order valence-electron chi connectivity index (χ4n) is 12.0. The quantitative estimate of drug-likeness (QED) is 0.0569. The maximum atomic E-state index is 14.6. The number of aromatic carboxylic acids is 1. The predicted molar refractivity (Wildman–Crippen MR) is 303 cm³/mol. The third-order valence-electron chi connectivity index (χ3n) is 17.1. The van der Waals surface area contributed by atoms with E-state index >= 15 is 0 Å². The summed E-state index contributed by atoms with van der Waals surface area (Å²) in [5.74, 6) is -6.69. The number of rotatable bonds is 24. The molecule has 0 aliphatic carbocycles. The molecular weight excluding hydrogens is 1090 g/mol. The van der Waals surface area contributed by atoms with Crippen LogP contribution in [-0.4, -0.2) is 214 Å². The Bertz CT molecular complexity index is 2600. The minimum absolute atomic E-state index is 0.0316. The van der Waals surface area contributed by atoms with E-state index in [-0.39, 0.29) is 69.1 Å². The van der Waals surface area contributed by atoms with Gasteiger partial charge < -0.3 is 77.8 Å². The van der Waals surface area contributed by atoms with Crippen molar-refractivity contribution in [2.45, 2.75) is 199 Å². The molecule has 3 aliphatic heterocycles. The Morgan fingerprint density at radius 1 is 0.866 bits per heavy atom. The van der Waals surface area contributed by atoms with E-state index in [0.29, 0.717) is 43.4 Å². The Kier molecular flexibility index (Phi) is 25.1. The van der Waals surface area contributed by atoms with Crippen LogP contribution in [-0.2, 0) is 79.5 Å². The number of carboxylic acids is 1. The van der Waals surface area contributed by atoms with Crippen molar-refractivity contribution in [3.63, 3.8) is 0 Å². The van der Waals surface area contributed by atoms with Gasteiger partial charge in [0.25, 0.3) is 10.1 Å². The summed E-state index contributed by atoms with van der Waals surface area (Å²) in [5.41, 5.74) is -4.08. The van der Waals surface area contributed by atoms with E-state index < -0.39 is 129 Å². The van der Waals surface area contributed by atoms with Gasteiger partial charge in [0.05, 0.1) is 85.3 Å². The van der Waals surface area contributed by atoms with Crippen LogP contribution in [0.1, 0.15) is 118 Å². The van der Waals surface area contributed by atoms with Gasteiger partial charge in [-0.2, -0.15) is 8.42 Å². The highest BCUT2D eigenvalue weighted by atomic mass is 32.2. The lowest BCUT2D eigenvalue weighted by molar-refractivity contribution is -0.317. The highest BCUT2D eigenvalue weighted by molar-refractivity contribution is 7.86. The molecule has 0 bridgehead atoms. The molecule has 82 heavy (non-hydrogen) atoms. The van der Waals surface area contributed by atoms with Gasteiger partial charge in [0, 0.05) is 75.7 Å². The molecule has 4 heterocycles. The first-order valence-electron chi connectivity index (χ1n) is 28.8. The van der Waals surface area contributed by atoms with Crippen LogP contribution in [0.25, 0.3) is 10.9 Å². The lowest BCUT2D eigenvalue weighted by Crippen LogP contribution is -2.62. The van der Waals surface area contributed by atoms with Gasteiger partial charge in [0.1, 0.15) is 35.3 Å². The average molecular weight is 1190 g/mol. The Hall–Kier alpha value is -3.57. The number of hydrogen-bond acceptors (Lipinski definition) is 21. The van der Waals surface area contributed by atoms with Crippen molar-refractivity contribution in [1.82, 2.24) is 14.8 Å². The lowest BCUT2D eigenvalue weighted by atomic mass is 9.74. The van der Waals surface area contributed by atoms with Crippen LogP contribution in [0.4, 0.5) is 0 Å². The van der Waals surface area contributed by atoms with Crippen molar-refractivity contribution in [3.05, 3.63) is 45.7 Å². The molecule has 1 aromatic carbocycles. The van der Waals surface area contributed by atoms with Gasteiger partial charge in [-0.3, -0.25) is 18.6 Å². The molecule has 468 valence electrons. The van der Waals surface area contributed by atoms with Crippen LogP contribution >= 0.6 is 0 Å². The third kappa shape index (κ3) is 16.7. The first-order valence-corrected chi connectivity index (χ1v) is 30.4. The van der Waals surface area contributed by atoms with Crippen molar-refractivity contribution in [2.75, 3.05) is 73.6 Å². The Morgan fingerprint density at radius 2 is 1.51 bits per heavy atom. The lowest BCUT2D eigenvalue weighted by Gasteiger charge is -2.50. The number of hydrogen-bond donors (Lipinski definition) is 5. The molecule has 0 amide bonds. The van der Waals surface area contributed by atoms with Gasteiger partial charge in [-0.15, -0.1) is 0 Å². The molecule has 1 aromatic heterocycles. The van der Waals surface area contributed by atoms with Gasteiger partial charge in [0.2, 0.25) is 5.43 Å². The molecule has 3 aliphatic rings. The number of carboxylic acid groups (broad SMARTS) is 1. The maximum absolute atomic E-state index is 14.6. The second kappa shape index (κ2) is 29.7. The average Bonchev–Trinajstić information content (AvgIpc) is 3.51. The van der Waals surface area contributed by atoms with Gasteiger partial charge in [-0.05, 0) is 106 Å². The number of carbonyl (C=O) groups is 3. The number of nitrogens with one attached hydrogen (secondary N) is 1. The van der Waals surface area contributed by atoms with Crippen molar-refractivity contribution < 1.29 is 90.0 Å². The molecule has 0 radical (unpaired) electrons.